The Morgan fingerprint density at radius 2 is 1.94 bits per heavy atom. The van der Waals surface area contributed by atoms with Crippen LogP contribution in [-0.2, 0) is 0 Å². The normalized spacial score (nSPS) is 14.2. The molecule has 2 aromatic heterocycles. The molecule has 1 saturated carbocycles. The molecule has 2 heterocycles. The molecule has 0 aliphatic heterocycles. The van der Waals surface area contributed by atoms with Crippen LogP contribution in [0.4, 0.5) is 23.4 Å². The van der Waals surface area contributed by atoms with E-state index in [1.165, 1.54) is 12.8 Å². The molecule has 1 fully saturated rings. The molecule has 0 radical (unpaired) electrons. The van der Waals surface area contributed by atoms with E-state index in [2.05, 4.69) is 30.6 Å². The Kier molecular flexibility index (Phi) is 2.64. The minimum atomic E-state index is 0.229. The Morgan fingerprint density at radius 3 is 2.67 bits per heavy atom. The fourth-order valence-corrected chi connectivity index (χ4v) is 1.54. The Hall–Kier alpha value is -2.44. The lowest BCUT2D eigenvalue weighted by atomic mass is 10.5. The summed E-state index contributed by atoms with van der Waals surface area (Å²) < 4.78 is 0. The first kappa shape index (κ1) is 10.7. The minimum Gasteiger partial charge on any atom is -0.368 e. The van der Waals surface area contributed by atoms with Crippen LogP contribution in [0, 0.1) is 0 Å². The summed E-state index contributed by atoms with van der Waals surface area (Å²) in [6.07, 6.45) is 7.19. The molecule has 0 amide bonds. The van der Waals surface area contributed by atoms with Crippen LogP contribution in [0.25, 0.3) is 0 Å². The predicted molar refractivity (Wildman–Crippen MR) is 68.4 cm³/mol. The first-order chi connectivity index (χ1) is 8.79. The molecule has 3 rings (SSSR count). The van der Waals surface area contributed by atoms with E-state index in [4.69, 9.17) is 5.73 Å². The zero-order valence-corrected chi connectivity index (χ0v) is 9.67. The van der Waals surface area contributed by atoms with Crippen LogP contribution in [0.15, 0.2) is 24.7 Å². The summed E-state index contributed by atoms with van der Waals surface area (Å²) in [5, 5.41) is 6.31. The van der Waals surface area contributed by atoms with Crippen molar-refractivity contribution in [2.45, 2.75) is 18.9 Å². The molecule has 2 aromatic rings. The van der Waals surface area contributed by atoms with Crippen LogP contribution in [0.1, 0.15) is 12.8 Å². The summed E-state index contributed by atoms with van der Waals surface area (Å²) in [4.78, 5) is 16.3. The van der Waals surface area contributed by atoms with Gasteiger partial charge in [0.2, 0.25) is 5.95 Å². The molecule has 0 aromatic carbocycles. The summed E-state index contributed by atoms with van der Waals surface area (Å²) in [5.74, 6) is 2.18. The Labute approximate surface area is 104 Å². The van der Waals surface area contributed by atoms with E-state index >= 15 is 0 Å². The second-order valence-corrected chi connectivity index (χ2v) is 4.13. The average Bonchev–Trinajstić information content (AvgIpc) is 3.13. The maximum absolute atomic E-state index is 5.67. The molecule has 1 aliphatic carbocycles. The van der Waals surface area contributed by atoms with E-state index in [0.717, 1.165) is 5.82 Å². The van der Waals surface area contributed by atoms with Crippen LogP contribution < -0.4 is 16.4 Å². The molecular weight excluding hydrogens is 230 g/mol. The quantitative estimate of drug-likeness (QED) is 0.740. The van der Waals surface area contributed by atoms with Crippen molar-refractivity contribution in [1.29, 1.82) is 0 Å². The van der Waals surface area contributed by atoms with Crippen LogP contribution in [0.5, 0.6) is 0 Å². The SMILES string of the molecule is Nc1nc(Nc2cnccn2)cc(NC2CC2)n1. The summed E-state index contributed by atoms with van der Waals surface area (Å²) in [5.41, 5.74) is 5.67. The maximum Gasteiger partial charge on any atom is 0.223 e. The van der Waals surface area contributed by atoms with E-state index in [1.54, 1.807) is 18.6 Å². The van der Waals surface area contributed by atoms with Crippen LogP contribution in [0.2, 0.25) is 0 Å². The summed E-state index contributed by atoms with van der Waals surface area (Å²) in [7, 11) is 0. The first-order valence-corrected chi connectivity index (χ1v) is 5.74. The number of aromatic nitrogens is 4. The standard InChI is InChI=1S/C11H13N7/c12-11-17-8(15-7-1-2-7)5-9(18-11)16-10-6-13-3-4-14-10/h3-7H,1-2H2,(H4,12,14,15,16,17,18). The molecule has 4 N–H and O–H groups in total. The Bertz CT molecular complexity index is 538. The van der Waals surface area contributed by atoms with Gasteiger partial charge in [-0.25, -0.2) is 4.98 Å². The Morgan fingerprint density at radius 1 is 1.11 bits per heavy atom. The predicted octanol–water partition coefficient (Wildman–Crippen LogP) is 1.17. The number of nitrogen functional groups attached to an aromatic ring is 1. The molecule has 1 aliphatic rings. The van der Waals surface area contributed by atoms with Crippen LogP contribution >= 0.6 is 0 Å². The molecule has 0 saturated heterocycles. The van der Waals surface area contributed by atoms with Gasteiger partial charge in [-0.3, -0.25) is 4.98 Å². The molecule has 0 atom stereocenters. The number of nitrogens with one attached hydrogen (secondary N) is 2. The van der Waals surface area contributed by atoms with Crippen LogP contribution in [-0.4, -0.2) is 26.0 Å². The van der Waals surface area contributed by atoms with Crippen molar-refractivity contribution in [3.63, 3.8) is 0 Å². The van der Waals surface area contributed by atoms with Crippen molar-refractivity contribution in [2.75, 3.05) is 16.4 Å². The van der Waals surface area contributed by atoms with Gasteiger partial charge in [0.1, 0.15) is 17.5 Å². The van der Waals surface area contributed by atoms with Crippen molar-refractivity contribution < 1.29 is 0 Å². The summed E-state index contributed by atoms with van der Waals surface area (Å²) >= 11 is 0. The molecule has 0 unspecified atom stereocenters. The largest absolute Gasteiger partial charge is 0.368 e. The third-order valence-electron chi connectivity index (χ3n) is 2.49. The monoisotopic (exact) mass is 243 g/mol. The summed E-state index contributed by atoms with van der Waals surface area (Å²) in [6.45, 7) is 0. The minimum absolute atomic E-state index is 0.229. The van der Waals surface area contributed by atoms with E-state index in [-0.39, 0.29) is 5.95 Å². The van der Waals surface area contributed by atoms with E-state index in [9.17, 15) is 0 Å². The van der Waals surface area contributed by atoms with E-state index in [0.29, 0.717) is 17.7 Å². The van der Waals surface area contributed by atoms with Crippen LogP contribution in [0.3, 0.4) is 0 Å². The Balaban J connectivity index is 1.80. The van der Waals surface area contributed by atoms with Gasteiger partial charge in [-0.1, -0.05) is 0 Å². The van der Waals surface area contributed by atoms with Gasteiger partial charge in [-0.2, -0.15) is 9.97 Å². The van der Waals surface area contributed by atoms with Gasteiger partial charge in [-0.15, -0.1) is 0 Å². The average molecular weight is 243 g/mol. The number of hydrogen-bond donors (Lipinski definition) is 3. The van der Waals surface area contributed by atoms with Crippen molar-refractivity contribution >= 4 is 23.4 Å². The highest BCUT2D eigenvalue weighted by Crippen LogP contribution is 2.25. The number of hydrogen-bond acceptors (Lipinski definition) is 7. The highest BCUT2D eigenvalue weighted by molar-refractivity contribution is 5.57. The van der Waals surface area contributed by atoms with Crippen molar-refractivity contribution in [2.24, 2.45) is 0 Å². The fourth-order valence-electron chi connectivity index (χ4n) is 1.54. The number of nitrogens with zero attached hydrogens (tertiary/aromatic N) is 4. The molecule has 0 spiro atoms. The highest BCUT2D eigenvalue weighted by atomic mass is 15.2. The lowest BCUT2D eigenvalue weighted by molar-refractivity contribution is 1.09. The molecular formula is C11H13N7. The van der Waals surface area contributed by atoms with Gasteiger partial charge in [-0.05, 0) is 12.8 Å². The smallest absolute Gasteiger partial charge is 0.223 e. The topological polar surface area (TPSA) is 102 Å². The van der Waals surface area contributed by atoms with Gasteiger partial charge in [0, 0.05) is 24.5 Å². The number of anilines is 4. The van der Waals surface area contributed by atoms with Gasteiger partial charge in [0.15, 0.2) is 0 Å². The lowest BCUT2D eigenvalue weighted by Crippen LogP contribution is -2.07. The number of nitrogens with two attached hydrogens (primary N) is 1. The summed E-state index contributed by atoms with van der Waals surface area (Å²) in [6, 6.07) is 2.33. The lowest BCUT2D eigenvalue weighted by Gasteiger charge is -2.08. The molecule has 0 bridgehead atoms. The molecule has 7 heteroatoms. The molecule has 92 valence electrons. The molecule has 18 heavy (non-hydrogen) atoms. The zero-order valence-electron chi connectivity index (χ0n) is 9.67. The van der Waals surface area contributed by atoms with Crippen molar-refractivity contribution in [1.82, 2.24) is 19.9 Å². The van der Waals surface area contributed by atoms with Gasteiger partial charge in [0.25, 0.3) is 0 Å². The number of rotatable bonds is 4. The fraction of sp³-hybridized carbons (Fsp3) is 0.273. The second kappa shape index (κ2) is 4.44. The van der Waals surface area contributed by atoms with E-state index in [1.807, 2.05) is 6.07 Å². The second-order valence-electron chi connectivity index (χ2n) is 4.13. The maximum atomic E-state index is 5.67. The van der Waals surface area contributed by atoms with Crippen molar-refractivity contribution in [3.8, 4) is 0 Å². The first-order valence-electron chi connectivity index (χ1n) is 5.74. The highest BCUT2D eigenvalue weighted by Gasteiger charge is 2.21. The van der Waals surface area contributed by atoms with Gasteiger partial charge in [0.05, 0.1) is 6.20 Å². The third kappa shape index (κ3) is 2.62. The third-order valence-corrected chi connectivity index (χ3v) is 2.49. The zero-order chi connectivity index (χ0) is 12.4. The van der Waals surface area contributed by atoms with Gasteiger partial charge < -0.3 is 16.4 Å². The molecule has 7 nitrogen and oxygen atoms in total. The van der Waals surface area contributed by atoms with Crippen molar-refractivity contribution in [3.05, 3.63) is 24.7 Å². The van der Waals surface area contributed by atoms with Gasteiger partial charge >= 0.3 is 0 Å². The van der Waals surface area contributed by atoms with E-state index < -0.39 is 0 Å².